The zero-order valence-electron chi connectivity index (χ0n) is 26.6. The van der Waals surface area contributed by atoms with Gasteiger partial charge in [0.25, 0.3) is 10.0 Å². The van der Waals surface area contributed by atoms with Gasteiger partial charge in [-0.05, 0) is 73.9 Å². The summed E-state index contributed by atoms with van der Waals surface area (Å²) in [6.07, 6.45) is 5.09. The van der Waals surface area contributed by atoms with E-state index < -0.39 is 28.5 Å². The third-order valence-electron chi connectivity index (χ3n) is 8.62. The summed E-state index contributed by atoms with van der Waals surface area (Å²) in [5, 5.41) is 3.88. The molecule has 1 aliphatic carbocycles. The maximum Gasteiger partial charge on any atom is 0.264 e. The summed E-state index contributed by atoms with van der Waals surface area (Å²) in [6.45, 7) is 1.20. The van der Waals surface area contributed by atoms with Crippen molar-refractivity contribution in [3.63, 3.8) is 0 Å². The van der Waals surface area contributed by atoms with Gasteiger partial charge in [-0.15, -0.1) is 0 Å². The smallest absolute Gasteiger partial charge is 0.264 e. The SMILES string of the molecule is Cc1ccc(S(=O)(=O)N(CC(=O)N(Cc2c(Cl)cccc2Cl)[C@@H](Cc2ccccc2)C(=O)NC2CCCCC2)c2ccc(Br)cc2)cc1. The number of benzene rings is 4. The number of nitrogens with zero attached hydrogens (tertiary/aromatic N) is 2. The molecule has 1 atom stereocenters. The van der Waals surface area contributed by atoms with Gasteiger partial charge in [-0.3, -0.25) is 13.9 Å². The molecule has 252 valence electrons. The Labute approximate surface area is 301 Å². The fourth-order valence-corrected chi connectivity index (χ4v) is 8.12. The first-order valence-electron chi connectivity index (χ1n) is 15.9. The minimum atomic E-state index is -4.21. The molecule has 1 saturated carbocycles. The van der Waals surface area contributed by atoms with Crippen LogP contribution in [0, 0.1) is 6.92 Å². The Kier molecular flexibility index (Phi) is 12.2. The molecule has 4 aromatic rings. The third-order valence-corrected chi connectivity index (χ3v) is 11.6. The lowest BCUT2D eigenvalue weighted by Gasteiger charge is -2.35. The molecule has 0 heterocycles. The van der Waals surface area contributed by atoms with Crippen molar-refractivity contribution in [3.05, 3.63) is 128 Å². The summed E-state index contributed by atoms with van der Waals surface area (Å²) >= 11 is 16.7. The van der Waals surface area contributed by atoms with E-state index in [0.29, 0.717) is 21.3 Å². The van der Waals surface area contributed by atoms with E-state index in [1.807, 2.05) is 37.3 Å². The van der Waals surface area contributed by atoms with Gasteiger partial charge in [0.2, 0.25) is 11.8 Å². The number of carbonyl (C=O) groups is 2. The summed E-state index contributed by atoms with van der Waals surface area (Å²) in [4.78, 5) is 30.5. The first-order chi connectivity index (χ1) is 23.0. The topological polar surface area (TPSA) is 86.8 Å². The number of rotatable bonds is 12. The summed E-state index contributed by atoms with van der Waals surface area (Å²) < 4.78 is 30.3. The van der Waals surface area contributed by atoms with Gasteiger partial charge in [0.05, 0.1) is 10.6 Å². The Balaban J connectivity index is 1.59. The van der Waals surface area contributed by atoms with Gasteiger partial charge in [-0.25, -0.2) is 8.42 Å². The highest BCUT2D eigenvalue weighted by molar-refractivity contribution is 9.10. The summed E-state index contributed by atoms with van der Waals surface area (Å²) in [5.74, 6) is -0.886. The second kappa shape index (κ2) is 16.4. The van der Waals surface area contributed by atoms with Crippen molar-refractivity contribution >= 4 is 66.7 Å². The lowest BCUT2D eigenvalue weighted by Crippen LogP contribution is -2.55. The number of hydrogen-bond acceptors (Lipinski definition) is 4. The van der Waals surface area contributed by atoms with Gasteiger partial charge < -0.3 is 10.2 Å². The van der Waals surface area contributed by atoms with Crippen molar-refractivity contribution in [1.29, 1.82) is 0 Å². The van der Waals surface area contributed by atoms with Crippen LogP contribution in [0.25, 0.3) is 0 Å². The summed E-state index contributed by atoms with van der Waals surface area (Å²) in [5.41, 5.74) is 2.51. The van der Waals surface area contributed by atoms with E-state index in [2.05, 4.69) is 21.2 Å². The number of anilines is 1. The van der Waals surface area contributed by atoms with Crippen molar-refractivity contribution in [3.8, 4) is 0 Å². The highest BCUT2D eigenvalue weighted by Crippen LogP contribution is 2.30. The van der Waals surface area contributed by atoms with E-state index in [4.69, 9.17) is 23.2 Å². The summed E-state index contributed by atoms with van der Waals surface area (Å²) in [7, 11) is -4.21. The monoisotopic (exact) mass is 769 g/mol. The summed E-state index contributed by atoms with van der Waals surface area (Å²) in [6, 6.07) is 26.7. The standard InChI is InChI=1S/C37H38BrCl2N3O4S/c1-26-15-21-31(22-16-26)48(46,47)43(30-19-17-28(38)18-20-30)25-36(44)42(24-32-33(39)13-8-14-34(32)40)35(23-27-9-4-2-5-10-27)37(45)41-29-11-6-3-7-12-29/h2,4-5,8-10,13-22,29,35H,3,6-7,11-12,23-25H2,1H3,(H,41,45)/t35-/m0/s1. The van der Waals surface area contributed by atoms with Crippen LogP contribution in [0.3, 0.4) is 0 Å². The second-order valence-electron chi connectivity index (χ2n) is 12.1. The van der Waals surface area contributed by atoms with Crippen LogP contribution in [0.1, 0.15) is 48.8 Å². The van der Waals surface area contributed by atoms with Gasteiger partial charge in [0, 0.05) is 39.1 Å². The van der Waals surface area contributed by atoms with Crippen molar-refractivity contribution < 1.29 is 18.0 Å². The lowest BCUT2D eigenvalue weighted by molar-refractivity contribution is -0.140. The normalized spacial score (nSPS) is 14.2. The number of carbonyl (C=O) groups excluding carboxylic acids is 2. The molecular formula is C37H38BrCl2N3O4S. The van der Waals surface area contributed by atoms with E-state index >= 15 is 0 Å². The molecule has 1 fully saturated rings. The molecule has 0 bridgehead atoms. The molecule has 0 radical (unpaired) electrons. The lowest BCUT2D eigenvalue weighted by atomic mass is 9.94. The van der Waals surface area contributed by atoms with Crippen LogP contribution < -0.4 is 9.62 Å². The minimum absolute atomic E-state index is 0.00782. The molecule has 1 aliphatic rings. The number of nitrogens with one attached hydrogen (secondary N) is 1. The molecule has 4 aromatic carbocycles. The Bertz CT molecular complexity index is 1800. The Morgan fingerprint density at radius 3 is 2.10 bits per heavy atom. The van der Waals surface area contributed by atoms with Crippen molar-refractivity contribution in [1.82, 2.24) is 10.2 Å². The predicted molar refractivity (Wildman–Crippen MR) is 196 cm³/mol. The fourth-order valence-electron chi connectivity index (χ4n) is 5.93. The first-order valence-corrected chi connectivity index (χ1v) is 18.9. The molecule has 11 heteroatoms. The largest absolute Gasteiger partial charge is 0.352 e. The van der Waals surface area contributed by atoms with Crippen LogP contribution in [-0.4, -0.2) is 43.8 Å². The molecule has 5 rings (SSSR count). The van der Waals surface area contributed by atoms with Crippen LogP contribution in [-0.2, 0) is 32.6 Å². The van der Waals surface area contributed by atoms with Crippen molar-refractivity contribution in [2.45, 2.75) is 69.0 Å². The minimum Gasteiger partial charge on any atom is -0.352 e. The fraction of sp³-hybridized carbons (Fsp3) is 0.297. The van der Waals surface area contributed by atoms with Crippen LogP contribution >= 0.6 is 39.1 Å². The van der Waals surface area contributed by atoms with Crippen molar-refractivity contribution in [2.24, 2.45) is 0 Å². The van der Waals surface area contributed by atoms with E-state index in [-0.39, 0.29) is 29.8 Å². The highest BCUT2D eigenvalue weighted by Gasteiger charge is 2.36. The molecule has 7 nitrogen and oxygen atoms in total. The van der Waals surface area contributed by atoms with E-state index in [0.717, 1.165) is 52.0 Å². The van der Waals surface area contributed by atoms with Gasteiger partial charge in [0.1, 0.15) is 12.6 Å². The van der Waals surface area contributed by atoms with Gasteiger partial charge >= 0.3 is 0 Å². The zero-order valence-corrected chi connectivity index (χ0v) is 30.5. The van der Waals surface area contributed by atoms with E-state index in [1.165, 1.54) is 17.0 Å². The molecule has 0 aromatic heterocycles. The van der Waals surface area contributed by atoms with Crippen LogP contribution in [0.2, 0.25) is 10.0 Å². The molecule has 0 unspecified atom stereocenters. The Hall–Kier alpha value is -3.37. The number of halogens is 3. The maximum atomic E-state index is 14.7. The van der Waals surface area contributed by atoms with Crippen LogP contribution in [0.4, 0.5) is 5.69 Å². The molecule has 48 heavy (non-hydrogen) atoms. The molecule has 0 saturated heterocycles. The third kappa shape index (κ3) is 8.99. The average Bonchev–Trinajstić information content (AvgIpc) is 3.08. The Morgan fingerprint density at radius 1 is 0.854 bits per heavy atom. The quantitative estimate of drug-likeness (QED) is 0.157. The predicted octanol–water partition coefficient (Wildman–Crippen LogP) is 8.35. The average molecular weight is 772 g/mol. The highest BCUT2D eigenvalue weighted by atomic mass is 79.9. The second-order valence-corrected chi connectivity index (χ2v) is 15.7. The van der Waals surface area contributed by atoms with Gasteiger partial charge in [-0.1, -0.05) is 112 Å². The molecule has 0 spiro atoms. The van der Waals surface area contributed by atoms with Gasteiger partial charge in [-0.2, -0.15) is 0 Å². The van der Waals surface area contributed by atoms with E-state index in [1.54, 1.807) is 54.6 Å². The first kappa shape index (κ1) is 35.9. The number of aryl methyl sites for hydroxylation is 1. The molecular weight excluding hydrogens is 733 g/mol. The van der Waals surface area contributed by atoms with Crippen LogP contribution in [0.5, 0.6) is 0 Å². The van der Waals surface area contributed by atoms with Crippen LogP contribution in [0.15, 0.2) is 106 Å². The van der Waals surface area contributed by atoms with Crippen molar-refractivity contribution in [2.75, 3.05) is 10.8 Å². The molecule has 2 amide bonds. The Morgan fingerprint density at radius 2 is 1.48 bits per heavy atom. The maximum absolute atomic E-state index is 14.7. The number of hydrogen-bond donors (Lipinski definition) is 1. The molecule has 0 aliphatic heterocycles. The zero-order chi connectivity index (χ0) is 34.3. The molecule has 1 N–H and O–H groups in total. The van der Waals surface area contributed by atoms with Gasteiger partial charge in [0.15, 0.2) is 0 Å². The number of amides is 2. The van der Waals surface area contributed by atoms with E-state index in [9.17, 15) is 18.0 Å². The number of sulfonamides is 1.